The van der Waals surface area contributed by atoms with E-state index in [-0.39, 0.29) is 17.4 Å². The van der Waals surface area contributed by atoms with Gasteiger partial charge in [0.15, 0.2) is 5.76 Å². The number of furan rings is 1. The SMILES string of the molecule is Cc1ccccc1NC(=O)c1ccc(-c2cccc([N+](=O)[O-])c2)o1. The van der Waals surface area contributed by atoms with Gasteiger partial charge in [0.25, 0.3) is 11.6 Å². The number of nitro benzene ring substituents is 1. The summed E-state index contributed by atoms with van der Waals surface area (Å²) in [6.45, 7) is 1.90. The van der Waals surface area contributed by atoms with Crippen LogP contribution < -0.4 is 5.32 Å². The molecule has 0 spiro atoms. The minimum absolute atomic E-state index is 0.0326. The molecule has 6 heteroatoms. The van der Waals surface area contributed by atoms with Gasteiger partial charge in [-0.2, -0.15) is 0 Å². The molecule has 1 N–H and O–H groups in total. The highest BCUT2D eigenvalue weighted by molar-refractivity contribution is 6.03. The van der Waals surface area contributed by atoms with Crippen molar-refractivity contribution in [3.63, 3.8) is 0 Å². The summed E-state index contributed by atoms with van der Waals surface area (Å²) in [7, 11) is 0. The normalized spacial score (nSPS) is 10.4. The van der Waals surface area contributed by atoms with E-state index in [2.05, 4.69) is 5.32 Å². The van der Waals surface area contributed by atoms with Crippen molar-refractivity contribution in [3.05, 3.63) is 82.1 Å². The molecule has 0 bridgehead atoms. The van der Waals surface area contributed by atoms with Crippen LogP contribution in [0.3, 0.4) is 0 Å². The zero-order valence-electron chi connectivity index (χ0n) is 12.9. The lowest BCUT2D eigenvalue weighted by molar-refractivity contribution is -0.384. The summed E-state index contributed by atoms with van der Waals surface area (Å²) in [5.41, 5.74) is 2.15. The van der Waals surface area contributed by atoms with Gasteiger partial charge in [-0.3, -0.25) is 14.9 Å². The maximum absolute atomic E-state index is 12.3. The van der Waals surface area contributed by atoms with Crippen molar-refractivity contribution in [3.8, 4) is 11.3 Å². The predicted molar refractivity (Wildman–Crippen MR) is 89.9 cm³/mol. The number of benzene rings is 2. The lowest BCUT2D eigenvalue weighted by Crippen LogP contribution is -2.11. The fourth-order valence-corrected chi connectivity index (χ4v) is 2.28. The van der Waals surface area contributed by atoms with Crippen LogP contribution in [0.5, 0.6) is 0 Å². The van der Waals surface area contributed by atoms with Crippen molar-refractivity contribution in [2.75, 3.05) is 5.32 Å². The first kappa shape index (κ1) is 15.5. The molecular formula is C18H14N2O4. The van der Waals surface area contributed by atoms with Gasteiger partial charge in [-0.15, -0.1) is 0 Å². The topological polar surface area (TPSA) is 85.4 Å². The van der Waals surface area contributed by atoms with Gasteiger partial charge in [-0.1, -0.05) is 30.3 Å². The van der Waals surface area contributed by atoms with E-state index in [4.69, 9.17) is 4.42 Å². The molecule has 1 amide bonds. The molecular weight excluding hydrogens is 308 g/mol. The summed E-state index contributed by atoms with van der Waals surface area (Å²) in [4.78, 5) is 22.6. The second-order valence-electron chi connectivity index (χ2n) is 5.24. The van der Waals surface area contributed by atoms with E-state index >= 15 is 0 Å². The third kappa shape index (κ3) is 3.17. The second-order valence-corrected chi connectivity index (χ2v) is 5.24. The Labute approximate surface area is 137 Å². The Balaban J connectivity index is 1.83. The van der Waals surface area contributed by atoms with Crippen LogP contribution in [0.25, 0.3) is 11.3 Å². The van der Waals surface area contributed by atoms with E-state index in [1.165, 1.54) is 12.1 Å². The fourth-order valence-electron chi connectivity index (χ4n) is 2.28. The number of hydrogen-bond donors (Lipinski definition) is 1. The number of anilines is 1. The molecule has 24 heavy (non-hydrogen) atoms. The number of para-hydroxylation sites is 1. The van der Waals surface area contributed by atoms with E-state index in [0.717, 1.165) is 5.56 Å². The molecule has 0 radical (unpaired) electrons. The molecule has 0 aliphatic carbocycles. The third-order valence-electron chi connectivity index (χ3n) is 3.56. The van der Waals surface area contributed by atoms with Crippen LogP contribution in [0.4, 0.5) is 11.4 Å². The summed E-state index contributed by atoms with van der Waals surface area (Å²) >= 11 is 0. The number of carbonyl (C=O) groups is 1. The number of nitro groups is 1. The average Bonchev–Trinajstić information content (AvgIpc) is 3.07. The minimum atomic E-state index is -0.474. The maximum Gasteiger partial charge on any atom is 0.291 e. The van der Waals surface area contributed by atoms with Gasteiger partial charge in [-0.05, 0) is 30.7 Å². The highest BCUT2D eigenvalue weighted by Crippen LogP contribution is 2.26. The monoisotopic (exact) mass is 322 g/mol. The van der Waals surface area contributed by atoms with Gasteiger partial charge < -0.3 is 9.73 Å². The molecule has 120 valence electrons. The van der Waals surface area contributed by atoms with Crippen LogP contribution in [0.1, 0.15) is 16.1 Å². The predicted octanol–water partition coefficient (Wildman–Crippen LogP) is 4.42. The Bertz CT molecular complexity index is 915. The zero-order chi connectivity index (χ0) is 17.1. The van der Waals surface area contributed by atoms with E-state index in [9.17, 15) is 14.9 Å². The Morgan fingerprint density at radius 1 is 1.08 bits per heavy atom. The molecule has 1 aromatic heterocycles. The summed E-state index contributed by atoms with van der Waals surface area (Å²) in [5.74, 6) is 0.161. The Hall–Kier alpha value is -3.41. The molecule has 2 aromatic carbocycles. The van der Waals surface area contributed by atoms with E-state index in [1.54, 1.807) is 30.3 Å². The van der Waals surface area contributed by atoms with Crippen LogP contribution in [-0.2, 0) is 0 Å². The van der Waals surface area contributed by atoms with Crippen LogP contribution in [-0.4, -0.2) is 10.8 Å². The molecule has 0 aliphatic rings. The van der Waals surface area contributed by atoms with E-state index < -0.39 is 4.92 Å². The average molecular weight is 322 g/mol. The zero-order valence-corrected chi connectivity index (χ0v) is 12.9. The fraction of sp³-hybridized carbons (Fsp3) is 0.0556. The molecule has 0 aliphatic heterocycles. The van der Waals surface area contributed by atoms with E-state index in [0.29, 0.717) is 17.0 Å². The van der Waals surface area contributed by atoms with Gasteiger partial charge in [0.1, 0.15) is 5.76 Å². The standard InChI is InChI=1S/C18H14N2O4/c1-12-5-2-3-8-15(12)19-18(21)17-10-9-16(24-17)13-6-4-7-14(11-13)20(22)23/h2-11H,1H3,(H,19,21). The van der Waals surface area contributed by atoms with Crippen molar-refractivity contribution < 1.29 is 14.1 Å². The van der Waals surface area contributed by atoms with Crippen LogP contribution in [0.2, 0.25) is 0 Å². The third-order valence-corrected chi connectivity index (χ3v) is 3.56. The summed E-state index contributed by atoms with van der Waals surface area (Å²) in [6.07, 6.45) is 0. The van der Waals surface area contributed by atoms with Crippen molar-refractivity contribution in [1.82, 2.24) is 0 Å². The summed E-state index contributed by atoms with van der Waals surface area (Å²) < 4.78 is 5.54. The molecule has 6 nitrogen and oxygen atoms in total. The van der Waals surface area contributed by atoms with Gasteiger partial charge in [0, 0.05) is 23.4 Å². The number of aryl methyl sites for hydroxylation is 1. The first-order valence-corrected chi connectivity index (χ1v) is 7.26. The second kappa shape index (κ2) is 6.37. The molecule has 0 unspecified atom stereocenters. The smallest absolute Gasteiger partial charge is 0.291 e. The first-order chi connectivity index (χ1) is 11.5. The number of non-ortho nitro benzene ring substituents is 1. The highest BCUT2D eigenvalue weighted by atomic mass is 16.6. The summed E-state index contributed by atoms with van der Waals surface area (Å²) in [5, 5.41) is 13.6. The lowest BCUT2D eigenvalue weighted by Gasteiger charge is -2.06. The van der Waals surface area contributed by atoms with Crippen molar-refractivity contribution in [2.45, 2.75) is 6.92 Å². The van der Waals surface area contributed by atoms with Gasteiger partial charge in [0.05, 0.1) is 4.92 Å². The first-order valence-electron chi connectivity index (χ1n) is 7.26. The van der Waals surface area contributed by atoms with Crippen LogP contribution in [0, 0.1) is 17.0 Å². The van der Waals surface area contributed by atoms with Gasteiger partial charge >= 0.3 is 0 Å². The Morgan fingerprint density at radius 2 is 1.88 bits per heavy atom. The van der Waals surface area contributed by atoms with Crippen molar-refractivity contribution >= 4 is 17.3 Å². The Kier molecular flexibility index (Phi) is 4.11. The molecule has 3 rings (SSSR count). The molecule has 0 atom stereocenters. The molecule has 3 aromatic rings. The number of nitrogens with one attached hydrogen (secondary N) is 1. The number of amides is 1. The minimum Gasteiger partial charge on any atom is -0.451 e. The van der Waals surface area contributed by atoms with E-state index in [1.807, 2.05) is 25.1 Å². The van der Waals surface area contributed by atoms with Crippen LogP contribution in [0.15, 0.2) is 65.1 Å². The van der Waals surface area contributed by atoms with Gasteiger partial charge in [0.2, 0.25) is 0 Å². The van der Waals surface area contributed by atoms with Crippen LogP contribution >= 0.6 is 0 Å². The number of nitrogens with zero attached hydrogens (tertiary/aromatic N) is 1. The van der Waals surface area contributed by atoms with Crippen molar-refractivity contribution in [2.24, 2.45) is 0 Å². The van der Waals surface area contributed by atoms with Gasteiger partial charge in [-0.25, -0.2) is 0 Å². The Morgan fingerprint density at radius 3 is 2.62 bits per heavy atom. The molecule has 0 saturated carbocycles. The lowest BCUT2D eigenvalue weighted by atomic mass is 10.1. The molecule has 0 saturated heterocycles. The maximum atomic E-state index is 12.3. The number of carbonyl (C=O) groups excluding carboxylic acids is 1. The van der Waals surface area contributed by atoms with Crippen molar-refractivity contribution in [1.29, 1.82) is 0 Å². The number of rotatable bonds is 4. The largest absolute Gasteiger partial charge is 0.451 e. The molecule has 0 fully saturated rings. The quantitative estimate of drug-likeness (QED) is 0.569. The molecule has 1 heterocycles. The summed E-state index contributed by atoms with van der Waals surface area (Å²) in [6, 6.07) is 16.6. The number of hydrogen-bond acceptors (Lipinski definition) is 4. The highest BCUT2D eigenvalue weighted by Gasteiger charge is 2.15.